The molecule has 4 heteroatoms. The smallest absolute Gasteiger partial charge is 0.251 e. The summed E-state index contributed by atoms with van der Waals surface area (Å²) in [5, 5.41) is 3.01. The standard InChI is InChI=1S/C28H40FN2O/c1-2-3-4-5-6-7-8-9-10-11-19-31-28(32)25-17-15-23(16-18-25)21-27(30)22-24-13-12-14-26(29)20-24/h12-18,20,27,30H,2-11,19,21-22H2,1H3,(H,31,32). The van der Waals surface area contributed by atoms with Crippen LogP contribution in [0.1, 0.15) is 92.6 Å². The average molecular weight is 440 g/mol. The Morgan fingerprint density at radius 3 is 2.06 bits per heavy atom. The van der Waals surface area contributed by atoms with Crippen molar-refractivity contribution in [2.45, 2.75) is 90.0 Å². The molecule has 0 spiro atoms. The highest BCUT2D eigenvalue weighted by molar-refractivity contribution is 5.94. The van der Waals surface area contributed by atoms with Crippen molar-refractivity contribution in [1.29, 1.82) is 0 Å². The van der Waals surface area contributed by atoms with E-state index in [1.54, 1.807) is 6.07 Å². The third kappa shape index (κ3) is 10.9. The predicted octanol–water partition coefficient (Wildman–Crippen LogP) is 6.91. The largest absolute Gasteiger partial charge is 0.352 e. The summed E-state index contributed by atoms with van der Waals surface area (Å²) in [5.41, 5.74) is 10.8. The second-order valence-corrected chi connectivity index (χ2v) is 8.87. The molecule has 0 saturated carbocycles. The van der Waals surface area contributed by atoms with Crippen molar-refractivity contribution in [2.75, 3.05) is 6.54 Å². The number of nitrogens with one attached hydrogen (secondary N) is 2. The van der Waals surface area contributed by atoms with E-state index in [-0.39, 0.29) is 17.8 Å². The second kappa shape index (κ2) is 15.6. The number of hydrogen-bond acceptors (Lipinski definition) is 1. The molecule has 175 valence electrons. The highest BCUT2D eigenvalue weighted by Crippen LogP contribution is 2.12. The zero-order valence-corrected chi connectivity index (χ0v) is 19.7. The molecule has 0 saturated heterocycles. The molecule has 1 amide bonds. The van der Waals surface area contributed by atoms with Crippen molar-refractivity contribution in [1.82, 2.24) is 11.1 Å². The summed E-state index contributed by atoms with van der Waals surface area (Å²) >= 11 is 0. The van der Waals surface area contributed by atoms with Crippen LogP contribution in [0.3, 0.4) is 0 Å². The van der Waals surface area contributed by atoms with Crippen LogP contribution >= 0.6 is 0 Å². The summed E-state index contributed by atoms with van der Waals surface area (Å²) in [6.07, 6.45) is 14.0. The van der Waals surface area contributed by atoms with E-state index in [0.717, 1.165) is 24.1 Å². The number of rotatable bonds is 16. The Kier molecular flexibility index (Phi) is 12.7. The number of hydrogen-bond donors (Lipinski definition) is 1. The lowest BCUT2D eigenvalue weighted by molar-refractivity contribution is 0.0953. The number of carbonyl (C=O) groups is 1. The van der Waals surface area contributed by atoms with E-state index in [2.05, 4.69) is 12.2 Å². The van der Waals surface area contributed by atoms with Crippen LogP contribution in [-0.2, 0) is 12.8 Å². The first-order valence-electron chi connectivity index (χ1n) is 12.4. The minimum Gasteiger partial charge on any atom is -0.352 e. The quantitative estimate of drug-likeness (QED) is 0.284. The molecule has 1 radical (unpaired) electrons. The van der Waals surface area contributed by atoms with E-state index in [1.807, 2.05) is 30.3 Å². The Labute approximate surface area is 194 Å². The van der Waals surface area contributed by atoms with Crippen molar-refractivity contribution in [3.8, 4) is 0 Å². The van der Waals surface area contributed by atoms with Gasteiger partial charge in [-0.25, -0.2) is 4.39 Å². The van der Waals surface area contributed by atoms with Gasteiger partial charge in [0.2, 0.25) is 0 Å². The monoisotopic (exact) mass is 439 g/mol. The Bertz CT molecular complexity index is 775. The first-order chi connectivity index (χ1) is 15.6. The normalized spacial score (nSPS) is 12.0. The topological polar surface area (TPSA) is 52.9 Å². The molecule has 0 aliphatic carbocycles. The van der Waals surface area contributed by atoms with Crippen molar-refractivity contribution >= 4 is 5.91 Å². The molecule has 1 unspecified atom stereocenters. The van der Waals surface area contributed by atoms with Gasteiger partial charge in [-0.1, -0.05) is 89.0 Å². The van der Waals surface area contributed by atoms with Gasteiger partial charge in [0.25, 0.3) is 5.91 Å². The SMILES string of the molecule is CCCCCCCCCCCCNC(=O)c1ccc(CC([NH])Cc2cccc(F)c2)cc1. The zero-order valence-electron chi connectivity index (χ0n) is 19.7. The molecule has 0 aromatic heterocycles. The molecule has 32 heavy (non-hydrogen) atoms. The summed E-state index contributed by atoms with van der Waals surface area (Å²) in [6.45, 7) is 2.97. The Hall–Kier alpha value is -2.20. The highest BCUT2D eigenvalue weighted by atomic mass is 19.1. The molecule has 2 aromatic carbocycles. The molecule has 0 heterocycles. The number of unbranched alkanes of at least 4 members (excludes halogenated alkanes) is 9. The molecule has 3 nitrogen and oxygen atoms in total. The zero-order chi connectivity index (χ0) is 23.0. The van der Waals surface area contributed by atoms with Crippen LogP contribution in [0.4, 0.5) is 4.39 Å². The third-order valence-corrected chi connectivity index (χ3v) is 5.89. The Morgan fingerprint density at radius 2 is 1.44 bits per heavy atom. The molecule has 0 bridgehead atoms. The molecule has 2 aromatic rings. The maximum Gasteiger partial charge on any atom is 0.251 e. The summed E-state index contributed by atoms with van der Waals surface area (Å²) in [4.78, 5) is 12.3. The molecule has 0 aliphatic rings. The van der Waals surface area contributed by atoms with Gasteiger partial charge in [-0.15, -0.1) is 0 Å². The van der Waals surface area contributed by atoms with Crippen LogP contribution < -0.4 is 11.1 Å². The summed E-state index contributed by atoms with van der Waals surface area (Å²) in [5.74, 6) is -0.294. The van der Waals surface area contributed by atoms with Gasteiger partial charge in [-0.2, -0.15) is 0 Å². The number of amides is 1. The maximum absolute atomic E-state index is 13.3. The molecule has 0 aliphatic heterocycles. The lowest BCUT2D eigenvalue weighted by Crippen LogP contribution is -2.24. The fraction of sp³-hybridized carbons (Fsp3) is 0.536. The van der Waals surface area contributed by atoms with Gasteiger partial charge in [0.05, 0.1) is 0 Å². The third-order valence-electron chi connectivity index (χ3n) is 5.89. The van der Waals surface area contributed by atoms with Gasteiger partial charge >= 0.3 is 0 Å². The highest BCUT2D eigenvalue weighted by Gasteiger charge is 2.09. The van der Waals surface area contributed by atoms with E-state index >= 15 is 0 Å². The van der Waals surface area contributed by atoms with Gasteiger partial charge in [-0.3, -0.25) is 10.5 Å². The lowest BCUT2D eigenvalue weighted by atomic mass is 9.99. The van der Waals surface area contributed by atoms with E-state index in [9.17, 15) is 9.18 Å². The molecule has 1 atom stereocenters. The van der Waals surface area contributed by atoms with Gasteiger partial charge in [-0.05, 0) is 54.7 Å². The number of halogens is 1. The Balaban J connectivity index is 1.58. The van der Waals surface area contributed by atoms with E-state index in [0.29, 0.717) is 18.4 Å². The summed E-state index contributed by atoms with van der Waals surface area (Å²) < 4.78 is 13.3. The number of benzene rings is 2. The Morgan fingerprint density at radius 1 is 0.844 bits per heavy atom. The van der Waals surface area contributed by atoms with E-state index in [4.69, 9.17) is 5.73 Å². The van der Waals surface area contributed by atoms with Gasteiger partial charge < -0.3 is 5.32 Å². The molecule has 2 N–H and O–H groups in total. The van der Waals surface area contributed by atoms with Crippen LogP contribution in [0.2, 0.25) is 0 Å². The van der Waals surface area contributed by atoms with Crippen molar-refractivity contribution < 1.29 is 9.18 Å². The lowest BCUT2D eigenvalue weighted by Gasteiger charge is -2.12. The fourth-order valence-electron chi connectivity index (χ4n) is 4.01. The van der Waals surface area contributed by atoms with Crippen LogP contribution in [0.5, 0.6) is 0 Å². The predicted molar refractivity (Wildman–Crippen MR) is 131 cm³/mol. The molecule has 0 fully saturated rings. The average Bonchev–Trinajstić information content (AvgIpc) is 2.77. The van der Waals surface area contributed by atoms with Gasteiger partial charge in [0.15, 0.2) is 0 Å². The summed E-state index contributed by atoms with van der Waals surface area (Å²) in [6, 6.07) is 13.6. The first kappa shape index (κ1) is 26.1. The van der Waals surface area contributed by atoms with Crippen LogP contribution in [0, 0.1) is 5.82 Å². The van der Waals surface area contributed by atoms with Crippen molar-refractivity contribution in [3.63, 3.8) is 0 Å². The van der Waals surface area contributed by atoms with E-state index < -0.39 is 0 Å². The van der Waals surface area contributed by atoms with Crippen molar-refractivity contribution in [2.24, 2.45) is 0 Å². The molecular weight excluding hydrogens is 399 g/mol. The fourth-order valence-corrected chi connectivity index (χ4v) is 4.01. The first-order valence-corrected chi connectivity index (χ1v) is 12.4. The van der Waals surface area contributed by atoms with Crippen LogP contribution in [0.25, 0.3) is 0 Å². The molecule has 2 rings (SSSR count). The minimum absolute atomic E-state index is 0.0327. The van der Waals surface area contributed by atoms with Crippen LogP contribution in [-0.4, -0.2) is 18.5 Å². The van der Waals surface area contributed by atoms with Crippen LogP contribution in [0.15, 0.2) is 48.5 Å². The van der Waals surface area contributed by atoms with E-state index in [1.165, 1.54) is 69.9 Å². The van der Waals surface area contributed by atoms with Gasteiger partial charge in [0, 0.05) is 18.2 Å². The van der Waals surface area contributed by atoms with Crippen molar-refractivity contribution in [3.05, 3.63) is 71.0 Å². The second-order valence-electron chi connectivity index (χ2n) is 8.87. The molecular formula is C28H40FN2O. The maximum atomic E-state index is 13.3. The van der Waals surface area contributed by atoms with Gasteiger partial charge in [0.1, 0.15) is 5.82 Å². The minimum atomic E-state index is -0.340. The number of carbonyl (C=O) groups excluding carboxylic acids is 1. The summed E-state index contributed by atoms with van der Waals surface area (Å²) in [7, 11) is 0.